The van der Waals surface area contributed by atoms with E-state index in [4.69, 9.17) is 9.84 Å². The summed E-state index contributed by atoms with van der Waals surface area (Å²) in [5.41, 5.74) is 0.0608. The molecule has 2 aromatic rings. The van der Waals surface area contributed by atoms with Gasteiger partial charge in [0.25, 0.3) is 0 Å². The van der Waals surface area contributed by atoms with Crippen molar-refractivity contribution in [3.8, 4) is 11.8 Å². The van der Waals surface area contributed by atoms with Gasteiger partial charge in [-0.1, -0.05) is 0 Å². The van der Waals surface area contributed by atoms with Crippen LogP contribution in [0.3, 0.4) is 0 Å². The quantitative estimate of drug-likeness (QED) is 0.871. The number of carbonyl (C=O) groups is 1. The molecule has 6 heteroatoms. The number of imidazole rings is 1. The number of carboxylic acid groups (broad SMARTS) is 1. The lowest BCUT2D eigenvalue weighted by Crippen LogP contribution is -2.03. The fourth-order valence-corrected chi connectivity index (χ4v) is 1.38. The van der Waals surface area contributed by atoms with E-state index < -0.39 is 5.97 Å². The fourth-order valence-electron chi connectivity index (χ4n) is 1.38. The minimum Gasteiger partial charge on any atom is -0.478 e. The third-order valence-corrected chi connectivity index (χ3v) is 2.23. The van der Waals surface area contributed by atoms with Crippen molar-refractivity contribution in [3.63, 3.8) is 0 Å². The molecule has 88 valence electrons. The van der Waals surface area contributed by atoms with E-state index in [0.717, 1.165) is 0 Å². The molecule has 0 atom stereocenters. The smallest absolute Gasteiger partial charge is 0.339 e. The van der Waals surface area contributed by atoms with Crippen LogP contribution in [-0.4, -0.2) is 25.6 Å². The topological polar surface area (TPSA) is 77.2 Å². The molecule has 0 aromatic carbocycles. The van der Waals surface area contributed by atoms with Crippen LogP contribution in [0, 0.1) is 0 Å². The van der Waals surface area contributed by atoms with Crippen LogP contribution in [0.15, 0.2) is 30.9 Å². The number of carboxylic acids is 1. The lowest BCUT2D eigenvalue weighted by atomic mass is 10.2. The summed E-state index contributed by atoms with van der Waals surface area (Å²) in [5, 5.41) is 8.99. The van der Waals surface area contributed by atoms with Crippen LogP contribution in [-0.2, 0) is 6.54 Å². The first-order valence-electron chi connectivity index (χ1n) is 5.08. The molecule has 2 aromatic heterocycles. The zero-order valence-electron chi connectivity index (χ0n) is 9.20. The van der Waals surface area contributed by atoms with E-state index in [1.807, 2.05) is 6.92 Å². The van der Waals surface area contributed by atoms with Gasteiger partial charge in [-0.3, -0.25) is 4.98 Å². The second kappa shape index (κ2) is 4.65. The average molecular weight is 233 g/mol. The zero-order chi connectivity index (χ0) is 12.3. The van der Waals surface area contributed by atoms with E-state index in [-0.39, 0.29) is 11.3 Å². The summed E-state index contributed by atoms with van der Waals surface area (Å²) in [7, 11) is 0. The van der Waals surface area contributed by atoms with E-state index >= 15 is 0 Å². The largest absolute Gasteiger partial charge is 0.478 e. The zero-order valence-corrected chi connectivity index (χ0v) is 9.20. The SMILES string of the molecule is CCn1ccnc1Oc1cnccc1C(=O)O. The Kier molecular flexibility index (Phi) is 3.04. The van der Waals surface area contributed by atoms with Gasteiger partial charge in [0.15, 0.2) is 5.75 Å². The highest BCUT2D eigenvalue weighted by Crippen LogP contribution is 2.22. The van der Waals surface area contributed by atoms with Gasteiger partial charge >= 0.3 is 12.0 Å². The van der Waals surface area contributed by atoms with Crippen molar-refractivity contribution in [2.45, 2.75) is 13.5 Å². The van der Waals surface area contributed by atoms with Crippen molar-refractivity contribution in [3.05, 3.63) is 36.4 Å². The Labute approximate surface area is 97.5 Å². The summed E-state index contributed by atoms with van der Waals surface area (Å²) in [4.78, 5) is 18.8. The summed E-state index contributed by atoms with van der Waals surface area (Å²) in [5.74, 6) is -0.877. The first-order chi connectivity index (χ1) is 8.22. The normalized spacial score (nSPS) is 10.2. The maximum atomic E-state index is 11.0. The van der Waals surface area contributed by atoms with E-state index in [2.05, 4.69) is 9.97 Å². The Balaban J connectivity index is 2.33. The van der Waals surface area contributed by atoms with Crippen molar-refractivity contribution in [2.24, 2.45) is 0 Å². The number of aromatic carboxylic acids is 1. The maximum absolute atomic E-state index is 11.0. The van der Waals surface area contributed by atoms with Crippen molar-refractivity contribution < 1.29 is 14.6 Å². The molecule has 2 heterocycles. The number of rotatable bonds is 4. The van der Waals surface area contributed by atoms with Gasteiger partial charge in [-0.05, 0) is 13.0 Å². The Hall–Kier alpha value is -2.37. The van der Waals surface area contributed by atoms with Gasteiger partial charge in [0.2, 0.25) is 0 Å². The number of hydrogen-bond acceptors (Lipinski definition) is 4. The summed E-state index contributed by atoms with van der Waals surface area (Å²) >= 11 is 0. The van der Waals surface area contributed by atoms with Gasteiger partial charge in [0, 0.05) is 25.1 Å². The number of nitrogens with zero attached hydrogens (tertiary/aromatic N) is 3. The summed E-state index contributed by atoms with van der Waals surface area (Å²) in [6.45, 7) is 2.63. The van der Waals surface area contributed by atoms with Crippen LogP contribution in [0.5, 0.6) is 11.8 Å². The van der Waals surface area contributed by atoms with Crippen molar-refractivity contribution in [1.29, 1.82) is 0 Å². The van der Waals surface area contributed by atoms with Gasteiger partial charge in [0.1, 0.15) is 5.56 Å². The summed E-state index contributed by atoms with van der Waals surface area (Å²) in [6.07, 6.45) is 6.11. The lowest BCUT2D eigenvalue weighted by molar-refractivity contribution is 0.0693. The van der Waals surface area contributed by atoms with Gasteiger partial charge in [-0.25, -0.2) is 9.78 Å². The molecular formula is C11H11N3O3. The molecule has 0 fully saturated rings. The molecule has 0 saturated carbocycles. The van der Waals surface area contributed by atoms with Crippen LogP contribution in [0.25, 0.3) is 0 Å². The molecule has 17 heavy (non-hydrogen) atoms. The van der Waals surface area contributed by atoms with Crippen molar-refractivity contribution in [2.75, 3.05) is 0 Å². The minimum absolute atomic E-state index is 0.0608. The van der Waals surface area contributed by atoms with E-state index in [0.29, 0.717) is 12.6 Å². The van der Waals surface area contributed by atoms with Crippen LogP contribution in [0.1, 0.15) is 17.3 Å². The molecule has 0 saturated heterocycles. The summed E-state index contributed by atoms with van der Waals surface area (Å²) < 4.78 is 7.20. The molecule has 0 unspecified atom stereocenters. The van der Waals surface area contributed by atoms with Crippen molar-refractivity contribution >= 4 is 5.97 Å². The van der Waals surface area contributed by atoms with Crippen LogP contribution in [0.2, 0.25) is 0 Å². The first-order valence-corrected chi connectivity index (χ1v) is 5.08. The minimum atomic E-state index is -1.06. The third-order valence-electron chi connectivity index (χ3n) is 2.23. The third kappa shape index (κ3) is 2.25. The Bertz CT molecular complexity index is 536. The van der Waals surface area contributed by atoms with Gasteiger partial charge in [0.05, 0.1) is 6.20 Å². The van der Waals surface area contributed by atoms with E-state index in [1.54, 1.807) is 17.0 Å². The molecule has 1 N–H and O–H groups in total. The fraction of sp³-hybridized carbons (Fsp3) is 0.182. The van der Waals surface area contributed by atoms with Gasteiger partial charge in [-0.2, -0.15) is 0 Å². The summed E-state index contributed by atoms with van der Waals surface area (Å²) in [6, 6.07) is 1.74. The maximum Gasteiger partial charge on any atom is 0.339 e. The van der Waals surface area contributed by atoms with Crippen LogP contribution < -0.4 is 4.74 Å². The van der Waals surface area contributed by atoms with Crippen LogP contribution >= 0.6 is 0 Å². The van der Waals surface area contributed by atoms with Crippen molar-refractivity contribution in [1.82, 2.24) is 14.5 Å². The van der Waals surface area contributed by atoms with Crippen LogP contribution in [0.4, 0.5) is 0 Å². The molecular weight excluding hydrogens is 222 g/mol. The highest BCUT2D eigenvalue weighted by atomic mass is 16.5. The predicted octanol–water partition coefficient (Wildman–Crippen LogP) is 1.79. The molecule has 0 bridgehead atoms. The molecule has 0 aliphatic heterocycles. The molecule has 0 radical (unpaired) electrons. The molecule has 0 amide bonds. The second-order valence-corrected chi connectivity index (χ2v) is 3.27. The number of hydrogen-bond donors (Lipinski definition) is 1. The van der Waals surface area contributed by atoms with Gasteiger partial charge in [-0.15, -0.1) is 0 Å². The monoisotopic (exact) mass is 233 g/mol. The number of aryl methyl sites for hydroxylation is 1. The van der Waals surface area contributed by atoms with E-state index in [1.165, 1.54) is 18.5 Å². The highest BCUT2D eigenvalue weighted by Gasteiger charge is 2.13. The molecule has 2 rings (SSSR count). The number of aromatic nitrogens is 3. The average Bonchev–Trinajstić information content (AvgIpc) is 2.77. The molecule has 6 nitrogen and oxygen atoms in total. The van der Waals surface area contributed by atoms with Gasteiger partial charge < -0.3 is 14.4 Å². The lowest BCUT2D eigenvalue weighted by Gasteiger charge is -2.08. The predicted molar refractivity (Wildman–Crippen MR) is 59.2 cm³/mol. The number of pyridine rings is 1. The number of ether oxygens (including phenoxy) is 1. The van der Waals surface area contributed by atoms with E-state index in [9.17, 15) is 4.79 Å². The Morgan fingerprint density at radius 3 is 3.06 bits per heavy atom. The Morgan fingerprint density at radius 2 is 2.35 bits per heavy atom. The molecule has 0 aliphatic carbocycles. The Morgan fingerprint density at radius 1 is 1.53 bits per heavy atom. The molecule has 0 aliphatic rings. The second-order valence-electron chi connectivity index (χ2n) is 3.27. The molecule has 0 spiro atoms. The first kappa shape index (κ1) is 11.1. The standard InChI is InChI=1S/C11H11N3O3/c1-2-14-6-5-13-11(14)17-9-7-12-4-3-8(9)10(15)16/h3-7H,2H2,1H3,(H,15,16). The highest BCUT2D eigenvalue weighted by molar-refractivity contribution is 5.90.